The summed E-state index contributed by atoms with van der Waals surface area (Å²) in [4.78, 5) is 12.9. The first-order valence-electron chi connectivity index (χ1n) is 8.46. The van der Waals surface area contributed by atoms with Gasteiger partial charge >= 0.3 is 0 Å². The third-order valence-electron chi connectivity index (χ3n) is 4.60. The number of aromatic nitrogens is 2. The fraction of sp³-hybridized carbons (Fsp3) is 0.200. The number of hydrogen-bond donors (Lipinski definition) is 1. The van der Waals surface area contributed by atoms with Crippen LogP contribution < -0.4 is 10.1 Å². The zero-order chi connectivity index (χ0) is 18.1. The molecular formula is C20H18ClN3O2. The van der Waals surface area contributed by atoms with Gasteiger partial charge in [-0.3, -0.25) is 4.79 Å². The molecule has 2 aromatic carbocycles. The Morgan fingerprint density at radius 2 is 2.12 bits per heavy atom. The number of rotatable bonds is 3. The molecule has 2 heterocycles. The summed E-state index contributed by atoms with van der Waals surface area (Å²) in [6.07, 6.45) is 2.32. The number of para-hydroxylation sites is 1. The van der Waals surface area contributed by atoms with E-state index in [-0.39, 0.29) is 11.8 Å². The molecule has 5 nitrogen and oxygen atoms in total. The lowest BCUT2D eigenvalue weighted by Gasteiger charge is -2.25. The van der Waals surface area contributed by atoms with Crippen molar-refractivity contribution in [3.63, 3.8) is 0 Å². The van der Waals surface area contributed by atoms with Gasteiger partial charge in [-0.05, 0) is 37.6 Å². The summed E-state index contributed by atoms with van der Waals surface area (Å²) in [6.45, 7) is 2.46. The molecule has 1 aliphatic rings. The van der Waals surface area contributed by atoms with E-state index in [0.717, 1.165) is 22.7 Å². The van der Waals surface area contributed by atoms with Gasteiger partial charge in [0.15, 0.2) is 0 Å². The number of nitrogens with one attached hydrogen (secondary N) is 1. The highest BCUT2D eigenvalue weighted by Crippen LogP contribution is 2.34. The Morgan fingerprint density at radius 1 is 1.27 bits per heavy atom. The van der Waals surface area contributed by atoms with Gasteiger partial charge < -0.3 is 10.1 Å². The summed E-state index contributed by atoms with van der Waals surface area (Å²) < 4.78 is 7.41. The molecule has 3 aromatic rings. The van der Waals surface area contributed by atoms with Gasteiger partial charge in [0.05, 0.1) is 35.8 Å². The minimum Gasteiger partial charge on any atom is -0.493 e. The van der Waals surface area contributed by atoms with Crippen molar-refractivity contribution in [3.05, 3.63) is 71.0 Å². The molecule has 0 radical (unpaired) electrons. The second kappa shape index (κ2) is 6.84. The molecule has 1 amide bonds. The molecular weight excluding hydrogens is 350 g/mol. The molecule has 0 bridgehead atoms. The minimum atomic E-state index is -0.228. The molecule has 1 aliphatic heterocycles. The summed E-state index contributed by atoms with van der Waals surface area (Å²) in [5.41, 5.74) is 3.32. The van der Waals surface area contributed by atoms with Crippen molar-refractivity contribution >= 4 is 23.2 Å². The molecule has 0 spiro atoms. The van der Waals surface area contributed by atoms with E-state index in [0.29, 0.717) is 23.7 Å². The van der Waals surface area contributed by atoms with E-state index >= 15 is 0 Å². The second-order valence-corrected chi connectivity index (χ2v) is 6.69. The standard InChI is InChI=1S/C20H18ClN3O2/c1-13-18(12-22-24(13)15-6-4-5-14(21)11-15)23-20(25)17-9-10-26-19-8-3-2-7-16(17)19/h2-8,11-12,17H,9-10H2,1H3,(H,23,25)/t17-/m1/s1. The highest BCUT2D eigenvalue weighted by atomic mass is 35.5. The lowest BCUT2D eigenvalue weighted by atomic mass is 9.92. The largest absolute Gasteiger partial charge is 0.493 e. The first-order chi connectivity index (χ1) is 12.6. The summed E-state index contributed by atoms with van der Waals surface area (Å²) in [6, 6.07) is 15.1. The number of carbonyl (C=O) groups excluding carboxylic acids is 1. The van der Waals surface area contributed by atoms with Crippen molar-refractivity contribution in [2.24, 2.45) is 0 Å². The lowest BCUT2D eigenvalue weighted by molar-refractivity contribution is -0.118. The molecule has 0 saturated heterocycles. The van der Waals surface area contributed by atoms with Gasteiger partial charge in [-0.1, -0.05) is 35.9 Å². The maximum atomic E-state index is 12.9. The number of amides is 1. The van der Waals surface area contributed by atoms with E-state index < -0.39 is 0 Å². The Kier molecular flexibility index (Phi) is 4.39. The Morgan fingerprint density at radius 3 is 2.96 bits per heavy atom. The van der Waals surface area contributed by atoms with Crippen molar-refractivity contribution in [2.75, 3.05) is 11.9 Å². The van der Waals surface area contributed by atoms with Crippen LogP contribution in [0.5, 0.6) is 5.75 Å². The first-order valence-corrected chi connectivity index (χ1v) is 8.84. The van der Waals surface area contributed by atoms with Crippen LogP contribution in [0.2, 0.25) is 5.02 Å². The maximum absolute atomic E-state index is 12.9. The molecule has 0 saturated carbocycles. The molecule has 26 heavy (non-hydrogen) atoms. The van der Waals surface area contributed by atoms with Crippen LogP contribution in [0.4, 0.5) is 5.69 Å². The van der Waals surface area contributed by atoms with E-state index in [4.69, 9.17) is 16.3 Å². The molecule has 1 atom stereocenters. The minimum absolute atomic E-state index is 0.0468. The Hall–Kier alpha value is -2.79. The SMILES string of the molecule is Cc1c(NC(=O)[C@@H]2CCOc3ccccc32)cnn1-c1cccc(Cl)c1. The number of ether oxygens (including phenoxy) is 1. The van der Waals surface area contributed by atoms with Crippen LogP contribution in [0.1, 0.15) is 23.6 Å². The fourth-order valence-electron chi connectivity index (χ4n) is 3.23. The van der Waals surface area contributed by atoms with Gasteiger partial charge in [-0.25, -0.2) is 4.68 Å². The molecule has 0 aliphatic carbocycles. The highest BCUT2D eigenvalue weighted by molar-refractivity contribution is 6.30. The van der Waals surface area contributed by atoms with Gasteiger partial charge in [0.25, 0.3) is 0 Å². The van der Waals surface area contributed by atoms with Gasteiger partial charge in [0.2, 0.25) is 5.91 Å². The normalized spacial score (nSPS) is 15.8. The molecule has 1 aromatic heterocycles. The predicted octanol–water partition coefficient (Wildman–Crippen LogP) is 4.34. The van der Waals surface area contributed by atoms with Crippen LogP contribution in [0.25, 0.3) is 5.69 Å². The van der Waals surface area contributed by atoms with E-state index in [9.17, 15) is 4.79 Å². The van der Waals surface area contributed by atoms with E-state index in [1.807, 2.05) is 55.5 Å². The van der Waals surface area contributed by atoms with Crippen molar-refractivity contribution < 1.29 is 9.53 Å². The van der Waals surface area contributed by atoms with Crippen LogP contribution in [-0.2, 0) is 4.79 Å². The quantitative estimate of drug-likeness (QED) is 0.749. The van der Waals surface area contributed by atoms with Crippen LogP contribution in [-0.4, -0.2) is 22.3 Å². The van der Waals surface area contributed by atoms with Gasteiger partial charge in [0.1, 0.15) is 5.75 Å². The summed E-state index contributed by atoms with van der Waals surface area (Å²) in [5, 5.41) is 8.04. The molecule has 1 N–H and O–H groups in total. The fourth-order valence-corrected chi connectivity index (χ4v) is 3.42. The van der Waals surface area contributed by atoms with Crippen LogP contribution in [0.15, 0.2) is 54.7 Å². The van der Waals surface area contributed by atoms with Crippen LogP contribution >= 0.6 is 11.6 Å². The topological polar surface area (TPSA) is 56.1 Å². The molecule has 4 rings (SSSR count). The van der Waals surface area contributed by atoms with Crippen LogP contribution in [0.3, 0.4) is 0 Å². The maximum Gasteiger partial charge on any atom is 0.232 e. The van der Waals surface area contributed by atoms with Gasteiger partial charge in [-0.15, -0.1) is 0 Å². The Labute approximate surface area is 156 Å². The average molecular weight is 368 g/mol. The first kappa shape index (κ1) is 16.7. The number of benzene rings is 2. The number of halogens is 1. The van der Waals surface area contributed by atoms with E-state index in [1.165, 1.54) is 0 Å². The number of fused-ring (bicyclic) bond motifs is 1. The molecule has 132 valence electrons. The van der Waals surface area contributed by atoms with Crippen molar-refractivity contribution in [1.29, 1.82) is 0 Å². The summed E-state index contributed by atoms with van der Waals surface area (Å²) in [7, 11) is 0. The number of anilines is 1. The van der Waals surface area contributed by atoms with Crippen LogP contribution in [0, 0.1) is 6.92 Å². The summed E-state index contributed by atoms with van der Waals surface area (Å²) >= 11 is 6.06. The molecule has 0 fully saturated rings. The Bertz CT molecular complexity index is 967. The highest BCUT2D eigenvalue weighted by Gasteiger charge is 2.28. The van der Waals surface area contributed by atoms with Crippen molar-refractivity contribution in [2.45, 2.75) is 19.3 Å². The molecule has 0 unspecified atom stereocenters. The third kappa shape index (κ3) is 3.06. The van der Waals surface area contributed by atoms with E-state index in [1.54, 1.807) is 10.9 Å². The zero-order valence-corrected chi connectivity index (χ0v) is 15.0. The lowest BCUT2D eigenvalue weighted by Crippen LogP contribution is -2.26. The van der Waals surface area contributed by atoms with Crippen molar-refractivity contribution in [1.82, 2.24) is 9.78 Å². The van der Waals surface area contributed by atoms with Gasteiger partial charge in [-0.2, -0.15) is 5.10 Å². The second-order valence-electron chi connectivity index (χ2n) is 6.25. The monoisotopic (exact) mass is 367 g/mol. The average Bonchev–Trinajstić information content (AvgIpc) is 3.01. The third-order valence-corrected chi connectivity index (χ3v) is 4.83. The summed E-state index contributed by atoms with van der Waals surface area (Å²) in [5.74, 6) is 0.508. The number of carbonyl (C=O) groups is 1. The van der Waals surface area contributed by atoms with Crippen molar-refractivity contribution in [3.8, 4) is 11.4 Å². The molecule has 6 heteroatoms. The van der Waals surface area contributed by atoms with Gasteiger partial charge in [0, 0.05) is 10.6 Å². The Balaban J connectivity index is 1.58. The van der Waals surface area contributed by atoms with E-state index in [2.05, 4.69) is 10.4 Å². The predicted molar refractivity (Wildman–Crippen MR) is 101 cm³/mol. The zero-order valence-electron chi connectivity index (χ0n) is 14.3. The number of nitrogens with zero attached hydrogens (tertiary/aromatic N) is 2. The smallest absolute Gasteiger partial charge is 0.232 e. The number of hydrogen-bond acceptors (Lipinski definition) is 3.